The van der Waals surface area contributed by atoms with Gasteiger partial charge in [-0.3, -0.25) is 10.2 Å². The van der Waals surface area contributed by atoms with Crippen LogP contribution in [0, 0.1) is 6.92 Å². The van der Waals surface area contributed by atoms with Gasteiger partial charge in [0.15, 0.2) is 5.13 Å². The molecule has 19 heavy (non-hydrogen) atoms. The Bertz CT molecular complexity index is 599. The Hall–Kier alpha value is -1.63. The van der Waals surface area contributed by atoms with E-state index < -0.39 is 0 Å². The van der Waals surface area contributed by atoms with Crippen molar-refractivity contribution in [1.29, 1.82) is 0 Å². The molecule has 0 fully saturated rings. The first-order valence-corrected chi connectivity index (χ1v) is 6.81. The first-order chi connectivity index (χ1) is 9.08. The molecule has 0 bridgehead atoms. The lowest BCUT2D eigenvalue weighted by Gasteiger charge is -2.04. The minimum atomic E-state index is -0.268. The van der Waals surface area contributed by atoms with Crippen LogP contribution in [0.25, 0.3) is 0 Å². The fourth-order valence-electron chi connectivity index (χ4n) is 1.46. The summed E-state index contributed by atoms with van der Waals surface area (Å²) in [7, 11) is 0. The summed E-state index contributed by atoms with van der Waals surface area (Å²) in [5.41, 5.74) is 4.63. The number of anilines is 2. The van der Waals surface area contributed by atoms with Gasteiger partial charge in [-0.05, 0) is 24.6 Å². The molecule has 7 heteroatoms. The minimum absolute atomic E-state index is 0.170. The molecule has 2 aromatic rings. The van der Waals surface area contributed by atoms with Gasteiger partial charge < -0.3 is 5.32 Å². The van der Waals surface area contributed by atoms with Gasteiger partial charge in [0.05, 0.1) is 12.1 Å². The van der Waals surface area contributed by atoms with E-state index >= 15 is 0 Å². The predicted octanol–water partition coefficient (Wildman–Crippen LogP) is 2.38. The number of halogens is 1. The van der Waals surface area contributed by atoms with Gasteiger partial charge in [-0.25, -0.2) is 10.8 Å². The molecular formula is C12H13ClN4OS. The van der Waals surface area contributed by atoms with E-state index in [1.807, 2.05) is 30.5 Å². The smallest absolute Gasteiger partial charge is 0.239 e. The van der Waals surface area contributed by atoms with Crippen molar-refractivity contribution in [3.05, 3.63) is 39.9 Å². The Labute approximate surface area is 119 Å². The highest BCUT2D eigenvalue weighted by Crippen LogP contribution is 2.25. The molecule has 0 atom stereocenters. The molecule has 100 valence electrons. The van der Waals surface area contributed by atoms with E-state index in [0.29, 0.717) is 15.8 Å². The second-order valence-corrected chi connectivity index (χ2v) is 5.24. The molecule has 0 aliphatic rings. The van der Waals surface area contributed by atoms with Gasteiger partial charge >= 0.3 is 0 Å². The van der Waals surface area contributed by atoms with Crippen LogP contribution in [0.15, 0.2) is 23.6 Å². The van der Waals surface area contributed by atoms with E-state index in [-0.39, 0.29) is 12.3 Å². The van der Waals surface area contributed by atoms with Crippen molar-refractivity contribution in [2.45, 2.75) is 13.3 Å². The van der Waals surface area contributed by atoms with E-state index in [1.54, 1.807) is 0 Å². The highest BCUT2D eigenvalue weighted by molar-refractivity contribution is 7.13. The summed E-state index contributed by atoms with van der Waals surface area (Å²) in [5.74, 6) is 4.76. The van der Waals surface area contributed by atoms with Gasteiger partial charge in [0.2, 0.25) is 5.91 Å². The Morgan fingerprint density at radius 3 is 3.00 bits per heavy atom. The Balaban J connectivity index is 2.07. The summed E-state index contributed by atoms with van der Waals surface area (Å²) in [6, 6.07) is 5.69. The fourth-order valence-corrected chi connectivity index (χ4v) is 2.37. The maximum Gasteiger partial charge on any atom is 0.239 e. The lowest BCUT2D eigenvalue weighted by atomic mass is 10.2. The zero-order chi connectivity index (χ0) is 13.8. The highest BCUT2D eigenvalue weighted by Gasteiger charge is 2.07. The van der Waals surface area contributed by atoms with Gasteiger partial charge in [0, 0.05) is 16.1 Å². The van der Waals surface area contributed by atoms with Gasteiger partial charge in [-0.15, -0.1) is 11.3 Å². The normalized spacial score (nSPS) is 10.3. The molecule has 0 saturated heterocycles. The number of hydrazine groups is 1. The number of aryl methyl sites for hydroxylation is 1. The van der Waals surface area contributed by atoms with Crippen molar-refractivity contribution in [3.63, 3.8) is 0 Å². The fraction of sp³-hybridized carbons (Fsp3) is 0.167. The number of nitrogens with one attached hydrogen (secondary N) is 2. The van der Waals surface area contributed by atoms with E-state index in [2.05, 4.69) is 15.7 Å². The monoisotopic (exact) mass is 296 g/mol. The van der Waals surface area contributed by atoms with Crippen molar-refractivity contribution < 1.29 is 4.79 Å². The average molecular weight is 297 g/mol. The molecule has 0 spiro atoms. The van der Waals surface area contributed by atoms with Crippen LogP contribution in [0.3, 0.4) is 0 Å². The van der Waals surface area contributed by atoms with Gasteiger partial charge in [-0.2, -0.15) is 0 Å². The van der Waals surface area contributed by atoms with Crippen LogP contribution in [0.5, 0.6) is 0 Å². The molecule has 5 nitrogen and oxygen atoms in total. The molecule has 0 aliphatic heterocycles. The lowest BCUT2D eigenvalue weighted by molar-refractivity contribution is -0.120. The number of rotatable bonds is 4. The van der Waals surface area contributed by atoms with Gasteiger partial charge in [-0.1, -0.05) is 17.7 Å². The Kier molecular flexibility index (Phi) is 4.36. The molecule has 2 rings (SSSR count). The number of carbonyl (C=O) groups is 1. The standard InChI is InChI=1S/C12H13ClN4OS/c1-7-2-3-8(4-10(7)13)15-12-16-9(6-19-12)5-11(18)17-14/h2-4,6H,5,14H2,1H3,(H,15,16)(H,17,18). The zero-order valence-corrected chi connectivity index (χ0v) is 11.8. The summed E-state index contributed by atoms with van der Waals surface area (Å²) in [5, 5.41) is 6.36. The van der Waals surface area contributed by atoms with Crippen LogP contribution in [0.2, 0.25) is 5.02 Å². The SMILES string of the molecule is Cc1ccc(Nc2nc(CC(=O)NN)cs2)cc1Cl. The third-order valence-corrected chi connectivity index (χ3v) is 3.69. The molecule has 0 radical (unpaired) electrons. The van der Waals surface area contributed by atoms with E-state index in [1.165, 1.54) is 11.3 Å². The highest BCUT2D eigenvalue weighted by atomic mass is 35.5. The molecular weight excluding hydrogens is 284 g/mol. The topological polar surface area (TPSA) is 80.0 Å². The first kappa shape index (κ1) is 13.8. The summed E-state index contributed by atoms with van der Waals surface area (Å²) < 4.78 is 0. The molecule has 0 aliphatic carbocycles. The van der Waals surface area contributed by atoms with E-state index in [9.17, 15) is 4.79 Å². The number of amides is 1. The lowest BCUT2D eigenvalue weighted by Crippen LogP contribution is -2.31. The minimum Gasteiger partial charge on any atom is -0.331 e. The van der Waals surface area contributed by atoms with Crippen molar-refractivity contribution in [3.8, 4) is 0 Å². The summed E-state index contributed by atoms with van der Waals surface area (Å²) in [6.07, 6.45) is 0.170. The van der Waals surface area contributed by atoms with Gasteiger partial charge in [0.1, 0.15) is 0 Å². The second-order valence-electron chi connectivity index (χ2n) is 3.98. The summed E-state index contributed by atoms with van der Waals surface area (Å²) in [4.78, 5) is 15.4. The van der Waals surface area contributed by atoms with Crippen molar-refractivity contribution in [1.82, 2.24) is 10.4 Å². The number of carbonyl (C=O) groups excluding carboxylic acids is 1. The number of thiazole rings is 1. The number of aromatic nitrogens is 1. The number of benzene rings is 1. The van der Waals surface area contributed by atoms with Crippen molar-refractivity contribution in [2.75, 3.05) is 5.32 Å². The summed E-state index contributed by atoms with van der Waals surface area (Å²) in [6.45, 7) is 1.94. The Morgan fingerprint density at radius 1 is 1.53 bits per heavy atom. The quantitative estimate of drug-likeness (QED) is 0.460. The van der Waals surface area contributed by atoms with E-state index in [4.69, 9.17) is 17.4 Å². The van der Waals surface area contributed by atoms with Crippen LogP contribution in [-0.4, -0.2) is 10.9 Å². The van der Waals surface area contributed by atoms with Crippen LogP contribution in [-0.2, 0) is 11.2 Å². The molecule has 4 N–H and O–H groups in total. The number of nitrogens with two attached hydrogens (primary N) is 1. The number of hydrogen-bond acceptors (Lipinski definition) is 5. The van der Waals surface area contributed by atoms with E-state index in [0.717, 1.165) is 11.3 Å². The van der Waals surface area contributed by atoms with Crippen LogP contribution in [0.1, 0.15) is 11.3 Å². The molecule has 0 unspecified atom stereocenters. The molecule has 1 heterocycles. The molecule has 1 aromatic carbocycles. The Morgan fingerprint density at radius 2 is 2.32 bits per heavy atom. The van der Waals surface area contributed by atoms with Crippen LogP contribution in [0.4, 0.5) is 10.8 Å². The number of hydrogen-bond donors (Lipinski definition) is 3. The zero-order valence-electron chi connectivity index (χ0n) is 10.2. The largest absolute Gasteiger partial charge is 0.331 e. The first-order valence-electron chi connectivity index (χ1n) is 5.55. The van der Waals surface area contributed by atoms with Crippen molar-refractivity contribution in [2.24, 2.45) is 5.84 Å². The maximum atomic E-state index is 11.1. The van der Waals surface area contributed by atoms with Crippen LogP contribution < -0.4 is 16.6 Å². The molecule has 0 saturated carbocycles. The van der Waals surface area contributed by atoms with Gasteiger partial charge in [0.25, 0.3) is 0 Å². The van der Waals surface area contributed by atoms with Crippen molar-refractivity contribution >= 4 is 39.7 Å². The summed E-state index contributed by atoms with van der Waals surface area (Å²) >= 11 is 7.47. The third-order valence-electron chi connectivity index (χ3n) is 2.48. The molecule has 1 amide bonds. The third kappa shape index (κ3) is 3.66. The molecule has 1 aromatic heterocycles. The maximum absolute atomic E-state index is 11.1. The predicted molar refractivity (Wildman–Crippen MR) is 77.6 cm³/mol. The second kappa shape index (κ2) is 6.01. The van der Waals surface area contributed by atoms with Crippen LogP contribution >= 0.6 is 22.9 Å². The number of nitrogens with zero attached hydrogens (tertiary/aromatic N) is 1. The average Bonchev–Trinajstić information content (AvgIpc) is 2.81.